The summed E-state index contributed by atoms with van der Waals surface area (Å²) in [7, 11) is 0. The molecule has 0 radical (unpaired) electrons. The fourth-order valence-corrected chi connectivity index (χ4v) is 5.24. The smallest absolute Gasteiger partial charge is 0.308 e. The molecule has 0 heterocycles. The maximum atomic E-state index is 11.7. The lowest BCUT2D eigenvalue weighted by atomic mass is 9.54. The molecule has 0 unspecified atom stereocenters. The molecule has 1 fully saturated rings. The SMILES string of the molecule is CC(=O)Oc1cc2c(c(C)c1OC(C)=O)CC=C1C(C)(C)[C@H](OC(C)=O)CC[C@]12C. The predicted molar refractivity (Wildman–Crippen MR) is 112 cm³/mol. The number of fused-ring (bicyclic) bond motifs is 3. The number of esters is 3. The molecule has 3 rings (SSSR count). The summed E-state index contributed by atoms with van der Waals surface area (Å²) in [5.41, 5.74) is 3.53. The Bertz CT molecular complexity index is 955. The monoisotopic (exact) mass is 414 g/mol. The van der Waals surface area contributed by atoms with Crippen LogP contribution in [0.3, 0.4) is 0 Å². The Morgan fingerprint density at radius 2 is 1.63 bits per heavy atom. The van der Waals surface area contributed by atoms with Crippen LogP contribution in [0.4, 0.5) is 0 Å². The molecular weight excluding hydrogens is 384 g/mol. The van der Waals surface area contributed by atoms with Crippen molar-refractivity contribution in [2.24, 2.45) is 5.41 Å². The van der Waals surface area contributed by atoms with E-state index in [1.165, 1.54) is 26.3 Å². The molecule has 0 amide bonds. The second kappa shape index (κ2) is 7.56. The maximum Gasteiger partial charge on any atom is 0.308 e. The molecule has 30 heavy (non-hydrogen) atoms. The molecule has 0 saturated heterocycles. The predicted octanol–water partition coefficient (Wildman–Crippen LogP) is 4.34. The van der Waals surface area contributed by atoms with Gasteiger partial charge >= 0.3 is 17.9 Å². The summed E-state index contributed by atoms with van der Waals surface area (Å²) in [5.74, 6) is -0.653. The second-order valence-corrected chi connectivity index (χ2v) is 9.05. The van der Waals surface area contributed by atoms with Crippen LogP contribution >= 0.6 is 0 Å². The summed E-state index contributed by atoms with van der Waals surface area (Å²) in [4.78, 5) is 35.0. The normalized spacial score (nSPS) is 24.1. The molecule has 2 aliphatic rings. The highest BCUT2D eigenvalue weighted by Crippen LogP contribution is 2.57. The summed E-state index contributed by atoms with van der Waals surface area (Å²) in [6.45, 7) is 12.4. The van der Waals surface area contributed by atoms with Crippen LogP contribution < -0.4 is 9.47 Å². The zero-order chi connectivity index (χ0) is 22.4. The van der Waals surface area contributed by atoms with Crippen molar-refractivity contribution in [1.82, 2.24) is 0 Å². The zero-order valence-electron chi connectivity index (χ0n) is 18.8. The van der Waals surface area contributed by atoms with E-state index in [9.17, 15) is 14.4 Å². The molecule has 0 aromatic heterocycles. The summed E-state index contributed by atoms with van der Waals surface area (Å²) >= 11 is 0. The maximum absolute atomic E-state index is 11.7. The second-order valence-electron chi connectivity index (χ2n) is 9.05. The molecule has 0 N–H and O–H groups in total. The third kappa shape index (κ3) is 3.64. The highest BCUT2D eigenvalue weighted by molar-refractivity contribution is 5.76. The van der Waals surface area contributed by atoms with Crippen LogP contribution in [0, 0.1) is 12.3 Å². The van der Waals surface area contributed by atoms with E-state index in [0.717, 1.165) is 29.5 Å². The Kier molecular flexibility index (Phi) is 5.56. The third-order valence-corrected chi connectivity index (χ3v) is 6.53. The Morgan fingerprint density at radius 1 is 1.00 bits per heavy atom. The Morgan fingerprint density at radius 3 is 2.20 bits per heavy atom. The highest BCUT2D eigenvalue weighted by Gasteiger charge is 2.51. The highest BCUT2D eigenvalue weighted by atomic mass is 16.6. The van der Waals surface area contributed by atoms with Gasteiger partial charge in [0.1, 0.15) is 6.10 Å². The van der Waals surface area contributed by atoms with Crippen molar-refractivity contribution >= 4 is 17.9 Å². The van der Waals surface area contributed by atoms with Gasteiger partial charge in [-0.1, -0.05) is 32.4 Å². The first-order valence-corrected chi connectivity index (χ1v) is 10.3. The van der Waals surface area contributed by atoms with Crippen LogP contribution in [0.25, 0.3) is 0 Å². The first-order valence-electron chi connectivity index (χ1n) is 10.3. The van der Waals surface area contributed by atoms with Gasteiger partial charge in [0.2, 0.25) is 0 Å². The molecule has 2 atom stereocenters. The van der Waals surface area contributed by atoms with E-state index in [1.807, 2.05) is 13.0 Å². The van der Waals surface area contributed by atoms with Gasteiger partial charge in [-0.2, -0.15) is 0 Å². The van der Waals surface area contributed by atoms with E-state index in [2.05, 4.69) is 26.8 Å². The van der Waals surface area contributed by atoms with Crippen LogP contribution in [0.5, 0.6) is 11.5 Å². The molecule has 0 bridgehead atoms. The van der Waals surface area contributed by atoms with Crippen LogP contribution in [-0.2, 0) is 31.0 Å². The van der Waals surface area contributed by atoms with Crippen molar-refractivity contribution in [3.05, 3.63) is 34.4 Å². The van der Waals surface area contributed by atoms with Gasteiger partial charge in [0.25, 0.3) is 0 Å². The number of carbonyl (C=O) groups is 3. The van der Waals surface area contributed by atoms with Crippen LogP contribution in [0.1, 0.15) is 71.1 Å². The van der Waals surface area contributed by atoms with Crippen molar-refractivity contribution in [2.45, 2.75) is 79.2 Å². The minimum absolute atomic E-state index is 0.190. The molecular formula is C24H30O6. The number of carbonyl (C=O) groups excluding carboxylic acids is 3. The molecule has 1 saturated carbocycles. The number of benzene rings is 1. The average molecular weight is 414 g/mol. The van der Waals surface area contributed by atoms with Gasteiger partial charge in [0, 0.05) is 31.6 Å². The molecule has 0 spiro atoms. The molecule has 6 heteroatoms. The number of allylic oxidation sites excluding steroid dienone is 1. The van der Waals surface area contributed by atoms with Gasteiger partial charge in [0.15, 0.2) is 11.5 Å². The number of hydrogen-bond donors (Lipinski definition) is 0. The van der Waals surface area contributed by atoms with Gasteiger partial charge in [0.05, 0.1) is 0 Å². The van der Waals surface area contributed by atoms with Gasteiger partial charge in [-0.05, 0) is 48.9 Å². The van der Waals surface area contributed by atoms with E-state index in [1.54, 1.807) is 0 Å². The summed E-state index contributed by atoms with van der Waals surface area (Å²) in [5, 5.41) is 0. The molecule has 1 aromatic carbocycles. The van der Waals surface area contributed by atoms with E-state index in [-0.39, 0.29) is 28.7 Å². The minimum Gasteiger partial charge on any atom is -0.462 e. The third-order valence-electron chi connectivity index (χ3n) is 6.53. The Labute approximate surface area is 177 Å². The zero-order valence-corrected chi connectivity index (χ0v) is 18.8. The Hall–Kier alpha value is -2.63. The summed E-state index contributed by atoms with van der Waals surface area (Å²) in [6.07, 6.45) is 4.21. The molecule has 0 aliphatic heterocycles. The van der Waals surface area contributed by atoms with Gasteiger partial charge in [-0.15, -0.1) is 0 Å². The van der Waals surface area contributed by atoms with Gasteiger partial charge in [-0.25, -0.2) is 0 Å². The van der Waals surface area contributed by atoms with E-state index < -0.39 is 11.9 Å². The first kappa shape index (κ1) is 22.1. The summed E-state index contributed by atoms with van der Waals surface area (Å²) in [6, 6.07) is 1.84. The van der Waals surface area contributed by atoms with Crippen LogP contribution in [-0.4, -0.2) is 24.0 Å². The molecule has 2 aliphatic carbocycles. The minimum atomic E-state index is -0.474. The lowest BCUT2D eigenvalue weighted by molar-refractivity contribution is -0.153. The average Bonchev–Trinajstić information content (AvgIpc) is 2.60. The first-order chi connectivity index (χ1) is 13.9. The topological polar surface area (TPSA) is 78.9 Å². The largest absolute Gasteiger partial charge is 0.462 e. The van der Waals surface area contributed by atoms with Crippen molar-refractivity contribution in [1.29, 1.82) is 0 Å². The van der Waals surface area contributed by atoms with E-state index in [0.29, 0.717) is 12.2 Å². The van der Waals surface area contributed by atoms with Crippen molar-refractivity contribution in [3.8, 4) is 11.5 Å². The van der Waals surface area contributed by atoms with Crippen molar-refractivity contribution in [2.75, 3.05) is 0 Å². The lowest BCUT2D eigenvalue weighted by Crippen LogP contribution is -2.49. The fraction of sp³-hybridized carbons (Fsp3) is 0.542. The van der Waals surface area contributed by atoms with Crippen LogP contribution in [0.15, 0.2) is 17.7 Å². The van der Waals surface area contributed by atoms with Gasteiger partial charge < -0.3 is 14.2 Å². The van der Waals surface area contributed by atoms with E-state index in [4.69, 9.17) is 14.2 Å². The number of ether oxygens (including phenoxy) is 3. The van der Waals surface area contributed by atoms with E-state index >= 15 is 0 Å². The molecule has 1 aromatic rings. The quantitative estimate of drug-likeness (QED) is 0.416. The van der Waals surface area contributed by atoms with Crippen molar-refractivity contribution in [3.63, 3.8) is 0 Å². The number of hydrogen-bond acceptors (Lipinski definition) is 6. The van der Waals surface area contributed by atoms with Gasteiger partial charge in [-0.3, -0.25) is 14.4 Å². The van der Waals surface area contributed by atoms with Crippen molar-refractivity contribution < 1.29 is 28.6 Å². The Balaban J connectivity index is 2.15. The molecule has 162 valence electrons. The van der Waals surface area contributed by atoms with Crippen LogP contribution in [0.2, 0.25) is 0 Å². The molecule has 6 nitrogen and oxygen atoms in total. The lowest BCUT2D eigenvalue weighted by Gasteiger charge is -2.52. The standard InChI is InChI=1S/C24H30O6/c1-13-17-8-9-20-23(5,6)21(29-15(3)26)10-11-24(20,7)18(17)12-19(28-14(2)25)22(13)30-16(4)27/h9,12,21H,8,10-11H2,1-7H3/t21-,24+/m1/s1. The fourth-order valence-electron chi connectivity index (χ4n) is 5.24. The number of rotatable bonds is 3. The summed E-state index contributed by atoms with van der Waals surface area (Å²) < 4.78 is 16.5.